The van der Waals surface area contributed by atoms with E-state index < -0.39 is 5.97 Å². The molecular weight excluding hydrogens is 302 g/mol. The SMILES string of the molecule is COC(=O)c1cc(=O)c2ccccc2n1C(=O)c1ccsc1. The van der Waals surface area contributed by atoms with Crippen molar-refractivity contribution in [2.24, 2.45) is 0 Å². The van der Waals surface area contributed by atoms with Crippen molar-refractivity contribution in [2.45, 2.75) is 0 Å². The lowest BCUT2D eigenvalue weighted by Gasteiger charge is -2.13. The van der Waals surface area contributed by atoms with Gasteiger partial charge in [0.25, 0.3) is 5.91 Å². The highest BCUT2D eigenvalue weighted by Crippen LogP contribution is 2.17. The van der Waals surface area contributed by atoms with Gasteiger partial charge in [-0.2, -0.15) is 11.3 Å². The Morgan fingerprint density at radius 1 is 1.18 bits per heavy atom. The number of carbonyl (C=O) groups excluding carboxylic acids is 2. The summed E-state index contributed by atoms with van der Waals surface area (Å²) in [4.78, 5) is 36.9. The second-order valence-corrected chi connectivity index (χ2v) is 5.34. The molecule has 0 fully saturated rings. The predicted octanol–water partition coefficient (Wildman–Crippen LogP) is 2.54. The number of aromatic nitrogens is 1. The van der Waals surface area contributed by atoms with Crippen molar-refractivity contribution in [2.75, 3.05) is 7.11 Å². The van der Waals surface area contributed by atoms with Gasteiger partial charge in [-0.1, -0.05) is 12.1 Å². The Morgan fingerprint density at radius 3 is 2.64 bits per heavy atom. The van der Waals surface area contributed by atoms with Gasteiger partial charge >= 0.3 is 5.97 Å². The molecule has 0 amide bonds. The van der Waals surface area contributed by atoms with E-state index in [1.807, 2.05) is 0 Å². The summed E-state index contributed by atoms with van der Waals surface area (Å²) in [5.41, 5.74) is 0.420. The van der Waals surface area contributed by atoms with E-state index in [2.05, 4.69) is 0 Å². The van der Waals surface area contributed by atoms with Crippen molar-refractivity contribution >= 4 is 34.1 Å². The molecule has 0 unspecified atom stereocenters. The van der Waals surface area contributed by atoms with E-state index in [1.165, 1.54) is 23.0 Å². The van der Waals surface area contributed by atoms with E-state index in [1.54, 1.807) is 41.1 Å². The first-order valence-electron chi connectivity index (χ1n) is 6.43. The molecule has 0 N–H and O–H groups in total. The molecule has 6 heteroatoms. The Kier molecular flexibility index (Phi) is 3.60. The summed E-state index contributed by atoms with van der Waals surface area (Å²) in [5, 5.41) is 3.84. The summed E-state index contributed by atoms with van der Waals surface area (Å²) in [6.45, 7) is 0. The maximum Gasteiger partial charge on any atom is 0.355 e. The fourth-order valence-electron chi connectivity index (χ4n) is 2.26. The lowest BCUT2D eigenvalue weighted by atomic mass is 10.1. The first-order chi connectivity index (χ1) is 10.6. The molecule has 110 valence electrons. The number of carbonyl (C=O) groups is 2. The lowest BCUT2D eigenvalue weighted by Crippen LogP contribution is -2.24. The summed E-state index contributed by atoms with van der Waals surface area (Å²) in [6, 6.07) is 9.48. The number of ether oxygens (including phenoxy) is 1. The van der Waals surface area contributed by atoms with Crippen LogP contribution < -0.4 is 5.43 Å². The summed E-state index contributed by atoms with van der Waals surface area (Å²) in [5.74, 6) is -1.11. The van der Waals surface area contributed by atoms with Crippen molar-refractivity contribution in [1.82, 2.24) is 4.57 Å². The highest BCUT2D eigenvalue weighted by molar-refractivity contribution is 7.08. The van der Waals surface area contributed by atoms with E-state index >= 15 is 0 Å². The molecule has 0 aliphatic rings. The zero-order chi connectivity index (χ0) is 15.7. The van der Waals surface area contributed by atoms with E-state index in [9.17, 15) is 14.4 Å². The number of nitrogens with zero attached hydrogens (tertiary/aromatic N) is 1. The first kappa shape index (κ1) is 14.2. The average molecular weight is 313 g/mol. The minimum Gasteiger partial charge on any atom is -0.464 e. The highest BCUT2D eigenvalue weighted by atomic mass is 32.1. The number of hydrogen-bond acceptors (Lipinski definition) is 5. The van der Waals surface area contributed by atoms with E-state index in [0.29, 0.717) is 16.5 Å². The third-order valence-electron chi connectivity index (χ3n) is 3.28. The largest absolute Gasteiger partial charge is 0.464 e. The van der Waals surface area contributed by atoms with Crippen molar-refractivity contribution in [1.29, 1.82) is 0 Å². The third-order valence-corrected chi connectivity index (χ3v) is 3.97. The third kappa shape index (κ3) is 2.23. The van der Waals surface area contributed by atoms with Crippen LogP contribution in [0.1, 0.15) is 20.8 Å². The van der Waals surface area contributed by atoms with Gasteiger partial charge in [0.05, 0.1) is 18.2 Å². The number of thiophene rings is 1. The molecule has 0 radical (unpaired) electrons. The molecule has 0 saturated heterocycles. The highest BCUT2D eigenvalue weighted by Gasteiger charge is 2.21. The molecule has 0 aliphatic carbocycles. The standard InChI is InChI=1S/C16H11NO4S/c1-21-16(20)13-8-14(18)11-4-2-3-5-12(11)17(13)15(19)10-6-7-22-9-10/h2-9H,1H3. The van der Waals surface area contributed by atoms with E-state index in [0.717, 1.165) is 6.07 Å². The fourth-order valence-corrected chi connectivity index (χ4v) is 2.89. The topological polar surface area (TPSA) is 65.4 Å². The van der Waals surface area contributed by atoms with Crippen LogP contribution in [-0.2, 0) is 4.74 Å². The Morgan fingerprint density at radius 2 is 1.95 bits per heavy atom. The summed E-state index contributed by atoms with van der Waals surface area (Å²) < 4.78 is 5.93. The Balaban J connectivity index is 2.39. The van der Waals surface area contributed by atoms with Crippen molar-refractivity contribution in [3.8, 4) is 0 Å². The second-order valence-electron chi connectivity index (χ2n) is 4.56. The van der Waals surface area contributed by atoms with E-state index in [4.69, 9.17) is 4.74 Å². The molecule has 3 rings (SSSR count). The second kappa shape index (κ2) is 5.57. The molecule has 0 saturated carbocycles. The number of benzene rings is 1. The van der Waals surface area contributed by atoms with Gasteiger partial charge in [-0.15, -0.1) is 0 Å². The van der Waals surface area contributed by atoms with Crippen molar-refractivity contribution in [3.63, 3.8) is 0 Å². The van der Waals surface area contributed by atoms with Crippen LogP contribution in [0.25, 0.3) is 10.9 Å². The van der Waals surface area contributed by atoms with Gasteiger partial charge in [0.15, 0.2) is 5.43 Å². The van der Waals surface area contributed by atoms with Crippen LogP contribution in [0, 0.1) is 0 Å². The van der Waals surface area contributed by atoms with Crippen molar-refractivity contribution in [3.05, 3.63) is 68.6 Å². The molecule has 2 heterocycles. The smallest absolute Gasteiger partial charge is 0.355 e. The summed E-state index contributed by atoms with van der Waals surface area (Å²) >= 11 is 1.38. The van der Waals surface area contributed by atoms with Gasteiger partial charge in [-0.25, -0.2) is 4.79 Å². The summed E-state index contributed by atoms with van der Waals surface area (Å²) in [6.07, 6.45) is 0. The minimum atomic E-state index is -0.730. The van der Waals surface area contributed by atoms with Crippen LogP contribution in [0.4, 0.5) is 0 Å². The van der Waals surface area contributed by atoms with Gasteiger partial charge in [-0.05, 0) is 23.6 Å². The molecule has 3 aromatic rings. The molecule has 1 aromatic carbocycles. The maximum atomic E-state index is 12.7. The fraction of sp³-hybridized carbons (Fsp3) is 0.0625. The molecular formula is C16H11NO4S. The number of hydrogen-bond donors (Lipinski definition) is 0. The van der Waals surface area contributed by atoms with Crippen LogP contribution in [0.2, 0.25) is 0 Å². The Hall–Kier alpha value is -2.73. The molecule has 5 nitrogen and oxygen atoms in total. The first-order valence-corrected chi connectivity index (χ1v) is 7.38. The van der Waals surface area contributed by atoms with E-state index in [-0.39, 0.29) is 17.0 Å². The zero-order valence-corrected chi connectivity index (χ0v) is 12.4. The van der Waals surface area contributed by atoms with Gasteiger partial charge in [-0.3, -0.25) is 14.2 Å². The van der Waals surface area contributed by atoms with Crippen LogP contribution in [0.5, 0.6) is 0 Å². The van der Waals surface area contributed by atoms with Crippen LogP contribution in [0.3, 0.4) is 0 Å². The molecule has 22 heavy (non-hydrogen) atoms. The van der Waals surface area contributed by atoms with Gasteiger partial charge < -0.3 is 4.74 Å². The molecule has 2 aromatic heterocycles. The minimum absolute atomic E-state index is 0.0811. The quantitative estimate of drug-likeness (QED) is 0.682. The number of rotatable bonds is 2. The molecule has 0 spiro atoms. The lowest BCUT2D eigenvalue weighted by molar-refractivity contribution is 0.0583. The molecule has 0 aliphatic heterocycles. The van der Waals surface area contributed by atoms with Crippen LogP contribution in [-0.4, -0.2) is 23.6 Å². The monoisotopic (exact) mass is 313 g/mol. The zero-order valence-electron chi connectivity index (χ0n) is 11.6. The number of fused-ring (bicyclic) bond motifs is 1. The number of para-hydroxylation sites is 1. The average Bonchev–Trinajstić information content (AvgIpc) is 3.08. The Bertz CT molecular complexity index is 925. The molecule has 0 bridgehead atoms. The number of methoxy groups -OCH3 is 1. The van der Waals surface area contributed by atoms with Gasteiger partial charge in [0.2, 0.25) is 0 Å². The van der Waals surface area contributed by atoms with Crippen molar-refractivity contribution < 1.29 is 14.3 Å². The normalized spacial score (nSPS) is 10.6. The number of pyridine rings is 1. The van der Waals surface area contributed by atoms with Gasteiger partial charge in [0, 0.05) is 16.8 Å². The van der Waals surface area contributed by atoms with Crippen LogP contribution >= 0.6 is 11.3 Å². The predicted molar refractivity (Wildman–Crippen MR) is 83.6 cm³/mol. The van der Waals surface area contributed by atoms with Crippen LogP contribution in [0.15, 0.2) is 52.0 Å². The Labute approximate surface area is 129 Å². The molecule has 0 atom stereocenters. The number of esters is 1. The maximum absolute atomic E-state index is 12.7. The summed E-state index contributed by atoms with van der Waals surface area (Å²) in [7, 11) is 1.21. The van der Waals surface area contributed by atoms with Gasteiger partial charge in [0.1, 0.15) is 5.69 Å².